The van der Waals surface area contributed by atoms with E-state index in [0.717, 1.165) is 12.5 Å². The van der Waals surface area contributed by atoms with E-state index in [-0.39, 0.29) is 0 Å². The molecule has 16 heavy (non-hydrogen) atoms. The summed E-state index contributed by atoms with van der Waals surface area (Å²) in [5, 5.41) is 0. The van der Waals surface area contributed by atoms with Crippen LogP contribution in [0.3, 0.4) is 0 Å². The molecule has 3 heteroatoms. The summed E-state index contributed by atoms with van der Waals surface area (Å²) in [5.41, 5.74) is 2.80. The molecule has 0 unspecified atom stereocenters. The summed E-state index contributed by atoms with van der Waals surface area (Å²) in [7, 11) is 0. The Labute approximate surface area is 94.7 Å². The standard InChI is InChI=1S/C13H14N2O/c1-4-11-12-9(8-16-13(11)14-5-1)7-10-3-2-6-15(10)12/h1,3-5,9,12H,2,6-8H2/t9-,12-/m0/s1. The number of allylic oxidation sites excluding steroid dienone is 1. The van der Waals surface area contributed by atoms with Gasteiger partial charge in [-0.15, -0.1) is 0 Å². The van der Waals surface area contributed by atoms with Gasteiger partial charge in [-0.3, -0.25) is 0 Å². The number of pyridine rings is 1. The SMILES string of the molecule is C1=C2C[C@H]3COc4ncccc4[C@H]3N2CC1. The molecular weight excluding hydrogens is 200 g/mol. The first kappa shape index (κ1) is 8.62. The normalized spacial score (nSPS) is 30.2. The molecule has 0 saturated carbocycles. The van der Waals surface area contributed by atoms with Crippen LogP contribution in [0, 0.1) is 5.92 Å². The molecule has 0 aromatic carbocycles. The Balaban J connectivity index is 1.83. The molecule has 82 valence electrons. The third-order valence-corrected chi connectivity index (χ3v) is 3.93. The number of aromatic nitrogens is 1. The average Bonchev–Trinajstić information content (AvgIpc) is 2.88. The van der Waals surface area contributed by atoms with Crippen LogP contribution < -0.4 is 4.74 Å². The van der Waals surface area contributed by atoms with Gasteiger partial charge in [-0.1, -0.05) is 12.1 Å². The highest BCUT2D eigenvalue weighted by Gasteiger charge is 2.43. The van der Waals surface area contributed by atoms with Crippen molar-refractivity contribution in [3.05, 3.63) is 35.7 Å². The highest BCUT2D eigenvalue weighted by Crippen LogP contribution is 2.49. The van der Waals surface area contributed by atoms with Crippen LogP contribution in [0.5, 0.6) is 5.88 Å². The van der Waals surface area contributed by atoms with E-state index < -0.39 is 0 Å². The Morgan fingerprint density at radius 2 is 2.44 bits per heavy atom. The van der Waals surface area contributed by atoms with Crippen LogP contribution in [0.15, 0.2) is 30.1 Å². The van der Waals surface area contributed by atoms with E-state index in [1.165, 1.54) is 30.6 Å². The Hall–Kier alpha value is -1.51. The van der Waals surface area contributed by atoms with Gasteiger partial charge in [0, 0.05) is 29.9 Å². The van der Waals surface area contributed by atoms with Gasteiger partial charge in [0.05, 0.1) is 12.6 Å². The molecule has 4 heterocycles. The highest BCUT2D eigenvalue weighted by molar-refractivity contribution is 5.36. The zero-order valence-corrected chi connectivity index (χ0v) is 9.10. The minimum Gasteiger partial charge on any atom is -0.477 e. The molecule has 3 nitrogen and oxygen atoms in total. The molecule has 1 aromatic rings. The van der Waals surface area contributed by atoms with Crippen molar-refractivity contribution in [3.63, 3.8) is 0 Å². The number of hydrogen-bond acceptors (Lipinski definition) is 3. The maximum Gasteiger partial charge on any atom is 0.218 e. The van der Waals surface area contributed by atoms with Gasteiger partial charge in [0.15, 0.2) is 0 Å². The minimum atomic E-state index is 0.520. The molecule has 3 aliphatic heterocycles. The first-order valence-corrected chi connectivity index (χ1v) is 5.97. The Bertz CT molecular complexity index is 469. The van der Waals surface area contributed by atoms with Crippen LogP contribution >= 0.6 is 0 Å². The monoisotopic (exact) mass is 214 g/mol. The van der Waals surface area contributed by atoms with Gasteiger partial charge in [0.1, 0.15) is 0 Å². The van der Waals surface area contributed by atoms with Crippen LogP contribution in [0.25, 0.3) is 0 Å². The van der Waals surface area contributed by atoms with Crippen molar-refractivity contribution in [1.29, 1.82) is 0 Å². The van der Waals surface area contributed by atoms with Crippen molar-refractivity contribution >= 4 is 0 Å². The van der Waals surface area contributed by atoms with Gasteiger partial charge in [0.25, 0.3) is 0 Å². The molecule has 3 aliphatic rings. The van der Waals surface area contributed by atoms with Crippen molar-refractivity contribution in [2.45, 2.75) is 18.9 Å². The average molecular weight is 214 g/mol. The number of nitrogens with zero attached hydrogens (tertiary/aromatic N) is 2. The Kier molecular flexibility index (Phi) is 1.62. The fourth-order valence-electron chi connectivity index (χ4n) is 3.29. The molecule has 1 fully saturated rings. The maximum atomic E-state index is 5.74. The lowest BCUT2D eigenvalue weighted by Crippen LogP contribution is -2.30. The van der Waals surface area contributed by atoms with E-state index in [4.69, 9.17) is 4.74 Å². The largest absolute Gasteiger partial charge is 0.477 e. The lowest BCUT2D eigenvalue weighted by molar-refractivity contribution is 0.153. The van der Waals surface area contributed by atoms with Crippen LogP contribution in [0.4, 0.5) is 0 Å². The van der Waals surface area contributed by atoms with Crippen LogP contribution in [-0.4, -0.2) is 23.0 Å². The quantitative estimate of drug-likeness (QED) is 0.661. The van der Waals surface area contributed by atoms with Gasteiger partial charge < -0.3 is 9.64 Å². The first-order valence-electron chi connectivity index (χ1n) is 5.97. The van der Waals surface area contributed by atoms with Crippen molar-refractivity contribution in [2.75, 3.05) is 13.2 Å². The van der Waals surface area contributed by atoms with Crippen LogP contribution in [0.1, 0.15) is 24.4 Å². The van der Waals surface area contributed by atoms with E-state index in [1.54, 1.807) is 0 Å². The zero-order chi connectivity index (χ0) is 10.5. The summed E-state index contributed by atoms with van der Waals surface area (Å²) in [6.45, 7) is 1.99. The van der Waals surface area contributed by atoms with Gasteiger partial charge in [0.2, 0.25) is 5.88 Å². The third kappa shape index (κ3) is 1.01. The lowest BCUT2D eigenvalue weighted by Gasteiger charge is -2.32. The van der Waals surface area contributed by atoms with Gasteiger partial charge in [-0.2, -0.15) is 0 Å². The number of fused-ring (bicyclic) bond motifs is 5. The van der Waals surface area contributed by atoms with E-state index in [0.29, 0.717) is 12.0 Å². The second-order valence-corrected chi connectivity index (χ2v) is 4.80. The fraction of sp³-hybridized carbons (Fsp3) is 0.462. The summed E-state index contributed by atoms with van der Waals surface area (Å²) in [6, 6.07) is 4.70. The van der Waals surface area contributed by atoms with Crippen LogP contribution in [-0.2, 0) is 0 Å². The molecule has 0 amide bonds. The van der Waals surface area contributed by atoms with E-state index >= 15 is 0 Å². The zero-order valence-electron chi connectivity index (χ0n) is 9.10. The second-order valence-electron chi connectivity index (χ2n) is 4.80. The van der Waals surface area contributed by atoms with E-state index in [2.05, 4.69) is 22.0 Å². The summed E-state index contributed by atoms with van der Waals surface area (Å²) in [5.74, 6) is 1.47. The molecule has 0 bridgehead atoms. The van der Waals surface area contributed by atoms with Crippen LogP contribution in [0.2, 0.25) is 0 Å². The predicted molar refractivity (Wildman–Crippen MR) is 60.0 cm³/mol. The molecule has 1 saturated heterocycles. The number of ether oxygens (including phenoxy) is 1. The number of hydrogen-bond donors (Lipinski definition) is 0. The predicted octanol–water partition coefficient (Wildman–Crippen LogP) is 2.12. The number of rotatable bonds is 0. The van der Waals surface area contributed by atoms with Gasteiger partial charge in [-0.25, -0.2) is 4.98 Å². The van der Waals surface area contributed by atoms with E-state index in [9.17, 15) is 0 Å². The molecular formula is C13H14N2O. The minimum absolute atomic E-state index is 0.520. The fourth-order valence-corrected chi connectivity index (χ4v) is 3.29. The smallest absolute Gasteiger partial charge is 0.218 e. The third-order valence-electron chi connectivity index (χ3n) is 3.93. The summed E-state index contributed by atoms with van der Waals surface area (Å²) in [6.07, 6.45) is 6.58. The Morgan fingerprint density at radius 3 is 3.44 bits per heavy atom. The lowest BCUT2D eigenvalue weighted by atomic mass is 9.92. The van der Waals surface area contributed by atoms with E-state index in [1.807, 2.05) is 12.3 Å². The highest BCUT2D eigenvalue weighted by atomic mass is 16.5. The topological polar surface area (TPSA) is 25.4 Å². The molecule has 0 N–H and O–H groups in total. The van der Waals surface area contributed by atoms with Crippen molar-refractivity contribution in [3.8, 4) is 5.88 Å². The Morgan fingerprint density at radius 1 is 1.44 bits per heavy atom. The summed E-state index contributed by atoms with van der Waals surface area (Å²) in [4.78, 5) is 6.87. The second kappa shape index (κ2) is 3.00. The maximum absolute atomic E-state index is 5.74. The summed E-state index contributed by atoms with van der Waals surface area (Å²) >= 11 is 0. The van der Waals surface area contributed by atoms with Crippen molar-refractivity contribution in [1.82, 2.24) is 9.88 Å². The van der Waals surface area contributed by atoms with Gasteiger partial charge in [-0.05, 0) is 18.9 Å². The molecule has 4 rings (SSSR count). The molecule has 2 atom stereocenters. The first-order chi connectivity index (χ1) is 7.93. The van der Waals surface area contributed by atoms with Gasteiger partial charge >= 0.3 is 0 Å². The van der Waals surface area contributed by atoms with Crippen molar-refractivity contribution in [2.24, 2.45) is 5.92 Å². The summed E-state index contributed by atoms with van der Waals surface area (Å²) < 4.78 is 5.74. The van der Waals surface area contributed by atoms with Crippen molar-refractivity contribution < 1.29 is 4.74 Å². The molecule has 0 radical (unpaired) electrons. The molecule has 0 spiro atoms. The molecule has 1 aromatic heterocycles. The molecule has 0 aliphatic carbocycles.